The molecule has 0 N–H and O–H groups in total. The Morgan fingerprint density at radius 1 is 1.36 bits per heavy atom. The van der Waals surface area contributed by atoms with Crippen LogP contribution in [0, 0.1) is 11.8 Å². The third-order valence-corrected chi connectivity index (χ3v) is 1.79. The van der Waals surface area contributed by atoms with Gasteiger partial charge in [-0.1, -0.05) is 32.1 Å². The predicted molar refractivity (Wildman–Crippen MR) is 52.3 cm³/mol. The van der Waals surface area contributed by atoms with Crippen LogP contribution in [0.25, 0.3) is 0 Å². The Morgan fingerprint density at radius 2 is 2.00 bits per heavy atom. The van der Waals surface area contributed by atoms with Gasteiger partial charge in [-0.3, -0.25) is 4.79 Å². The van der Waals surface area contributed by atoms with E-state index in [-0.39, 0.29) is 0 Å². The molecule has 0 aromatic rings. The minimum absolute atomic E-state index is 0.471. The SMILES string of the molecule is CCCCCCC#CC(=O)C(F)(F)Cl. The van der Waals surface area contributed by atoms with Gasteiger partial charge in [-0.05, 0) is 23.9 Å². The molecule has 0 bridgehead atoms. The number of rotatable bonds is 5. The maximum atomic E-state index is 12.1. The summed E-state index contributed by atoms with van der Waals surface area (Å²) in [6, 6.07) is 0. The molecule has 0 saturated heterocycles. The summed E-state index contributed by atoms with van der Waals surface area (Å²) in [5, 5.41) is -3.84. The van der Waals surface area contributed by atoms with E-state index in [1.54, 1.807) is 0 Å². The summed E-state index contributed by atoms with van der Waals surface area (Å²) in [5.41, 5.74) is 0. The van der Waals surface area contributed by atoms with Crippen LogP contribution >= 0.6 is 11.6 Å². The molecule has 0 aromatic heterocycles. The molecule has 0 amide bonds. The van der Waals surface area contributed by atoms with Gasteiger partial charge in [0.25, 0.3) is 5.78 Å². The maximum Gasteiger partial charge on any atom is 0.392 e. The van der Waals surface area contributed by atoms with Gasteiger partial charge in [0.2, 0.25) is 0 Å². The number of hydrogen-bond acceptors (Lipinski definition) is 1. The van der Waals surface area contributed by atoms with Crippen LogP contribution < -0.4 is 0 Å². The van der Waals surface area contributed by atoms with Gasteiger partial charge < -0.3 is 0 Å². The standard InChI is InChI=1S/C10H13ClF2O/c1-2-3-4-5-6-7-8-9(14)10(11,12)13/h2-6H2,1H3. The highest BCUT2D eigenvalue weighted by atomic mass is 35.5. The van der Waals surface area contributed by atoms with Gasteiger partial charge in [0.05, 0.1) is 0 Å². The monoisotopic (exact) mass is 222 g/mol. The quantitative estimate of drug-likeness (QED) is 0.302. The van der Waals surface area contributed by atoms with Gasteiger partial charge in [0.1, 0.15) is 0 Å². The third-order valence-electron chi connectivity index (χ3n) is 1.61. The predicted octanol–water partition coefficient (Wildman–Crippen LogP) is 3.36. The second-order valence-corrected chi connectivity index (χ2v) is 3.41. The second kappa shape index (κ2) is 6.78. The fourth-order valence-electron chi connectivity index (χ4n) is 0.854. The average molecular weight is 223 g/mol. The Labute approximate surface area is 87.8 Å². The zero-order chi connectivity index (χ0) is 11.0. The first-order valence-corrected chi connectivity index (χ1v) is 4.96. The fraction of sp³-hybridized carbons (Fsp3) is 0.700. The Kier molecular flexibility index (Phi) is 6.48. The van der Waals surface area contributed by atoms with E-state index < -0.39 is 11.2 Å². The van der Waals surface area contributed by atoms with E-state index in [4.69, 9.17) is 0 Å². The third kappa shape index (κ3) is 6.85. The number of hydrogen-bond donors (Lipinski definition) is 0. The lowest BCUT2D eigenvalue weighted by Crippen LogP contribution is -2.18. The molecule has 0 rings (SSSR count). The Bertz CT molecular complexity index is 235. The van der Waals surface area contributed by atoms with Crippen LogP contribution in [0.2, 0.25) is 0 Å². The molecule has 0 aliphatic carbocycles. The minimum Gasteiger partial charge on any atom is -0.276 e. The van der Waals surface area contributed by atoms with E-state index in [0.717, 1.165) is 25.7 Å². The largest absolute Gasteiger partial charge is 0.392 e. The molecule has 0 fully saturated rings. The first-order valence-electron chi connectivity index (χ1n) is 4.58. The Hall–Kier alpha value is -0.620. The van der Waals surface area contributed by atoms with Crippen molar-refractivity contribution >= 4 is 17.4 Å². The maximum absolute atomic E-state index is 12.1. The van der Waals surface area contributed by atoms with E-state index in [2.05, 4.69) is 24.4 Å². The molecule has 0 atom stereocenters. The molecule has 0 aliphatic heterocycles. The number of halogens is 3. The first-order chi connectivity index (χ1) is 6.48. The van der Waals surface area contributed by atoms with E-state index in [0.29, 0.717) is 6.42 Å². The minimum atomic E-state index is -3.84. The molecule has 80 valence electrons. The molecule has 1 nitrogen and oxygen atoms in total. The molecule has 0 saturated carbocycles. The molecule has 0 unspecified atom stereocenters. The van der Waals surface area contributed by atoms with Gasteiger partial charge in [0, 0.05) is 6.42 Å². The summed E-state index contributed by atoms with van der Waals surface area (Å²) < 4.78 is 24.1. The molecule has 0 radical (unpaired) electrons. The van der Waals surface area contributed by atoms with Gasteiger partial charge in [-0.15, -0.1) is 0 Å². The zero-order valence-electron chi connectivity index (χ0n) is 8.08. The number of Topliss-reactive ketones (excluding diaryl/α,β-unsaturated/α-hetero) is 1. The van der Waals surface area contributed by atoms with E-state index in [9.17, 15) is 13.6 Å². The molecule has 14 heavy (non-hydrogen) atoms. The number of carbonyl (C=O) groups is 1. The molecular formula is C10H13ClF2O. The van der Waals surface area contributed by atoms with Crippen LogP contribution in [0.4, 0.5) is 8.78 Å². The van der Waals surface area contributed by atoms with Crippen molar-refractivity contribution in [3.63, 3.8) is 0 Å². The van der Waals surface area contributed by atoms with Crippen LogP contribution in [0.5, 0.6) is 0 Å². The number of ketones is 1. The lowest BCUT2D eigenvalue weighted by Gasteiger charge is -1.98. The van der Waals surface area contributed by atoms with Crippen LogP contribution in [0.3, 0.4) is 0 Å². The molecule has 0 aromatic carbocycles. The highest BCUT2D eigenvalue weighted by Crippen LogP contribution is 2.18. The van der Waals surface area contributed by atoms with Crippen molar-refractivity contribution in [1.82, 2.24) is 0 Å². The van der Waals surface area contributed by atoms with E-state index in [1.165, 1.54) is 0 Å². The lowest BCUT2D eigenvalue weighted by atomic mass is 10.1. The number of carbonyl (C=O) groups excluding carboxylic acids is 1. The molecular weight excluding hydrogens is 210 g/mol. The zero-order valence-corrected chi connectivity index (χ0v) is 8.83. The fourth-order valence-corrected chi connectivity index (χ4v) is 0.901. The van der Waals surface area contributed by atoms with Crippen LogP contribution in [0.15, 0.2) is 0 Å². The van der Waals surface area contributed by atoms with Crippen molar-refractivity contribution in [2.45, 2.75) is 44.4 Å². The first kappa shape index (κ1) is 13.4. The summed E-state index contributed by atoms with van der Waals surface area (Å²) in [5.74, 6) is 2.70. The van der Waals surface area contributed by atoms with E-state index in [1.807, 2.05) is 5.92 Å². The molecule has 4 heteroatoms. The van der Waals surface area contributed by atoms with Crippen molar-refractivity contribution in [3.05, 3.63) is 0 Å². The van der Waals surface area contributed by atoms with Crippen LogP contribution in [0.1, 0.15) is 39.0 Å². The highest BCUT2D eigenvalue weighted by molar-refractivity contribution is 6.35. The Balaban J connectivity index is 3.68. The summed E-state index contributed by atoms with van der Waals surface area (Å²) in [6.07, 6.45) is 4.52. The van der Waals surface area contributed by atoms with Crippen molar-refractivity contribution in [2.24, 2.45) is 0 Å². The summed E-state index contributed by atoms with van der Waals surface area (Å²) in [6.45, 7) is 2.07. The molecule has 0 spiro atoms. The molecule has 0 heterocycles. The number of alkyl halides is 3. The van der Waals surface area contributed by atoms with Gasteiger partial charge in [-0.2, -0.15) is 8.78 Å². The van der Waals surface area contributed by atoms with Crippen molar-refractivity contribution in [3.8, 4) is 11.8 Å². The topological polar surface area (TPSA) is 17.1 Å². The van der Waals surface area contributed by atoms with E-state index >= 15 is 0 Å². The number of unbranched alkanes of at least 4 members (excludes halogenated alkanes) is 4. The Morgan fingerprint density at radius 3 is 2.50 bits per heavy atom. The van der Waals surface area contributed by atoms with Gasteiger partial charge in [-0.25, -0.2) is 0 Å². The smallest absolute Gasteiger partial charge is 0.276 e. The van der Waals surface area contributed by atoms with Gasteiger partial charge in [0.15, 0.2) is 0 Å². The van der Waals surface area contributed by atoms with Crippen molar-refractivity contribution in [1.29, 1.82) is 0 Å². The van der Waals surface area contributed by atoms with Crippen molar-refractivity contribution < 1.29 is 13.6 Å². The second-order valence-electron chi connectivity index (χ2n) is 2.94. The van der Waals surface area contributed by atoms with Crippen LogP contribution in [-0.2, 0) is 4.79 Å². The van der Waals surface area contributed by atoms with Crippen molar-refractivity contribution in [2.75, 3.05) is 0 Å². The summed E-state index contributed by atoms with van der Waals surface area (Å²) in [7, 11) is 0. The lowest BCUT2D eigenvalue weighted by molar-refractivity contribution is -0.127. The molecule has 0 aliphatic rings. The highest BCUT2D eigenvalue weighted by Gasteiger charge is 2.33. The average Bonchev–Trinajstić information content (AvgIpc) is 2.09. The van der Waals surface area contributed by atoms with Crippen LogP contribution in [-0.4, -0.2) is 11.2 Å². The van der Waals surface area contributed by atoms with Gasteiger partial charge >= 0.3 is 5.38 Å². The normalized spacial score (nSPS) is 10.6. The summed E-state index contributed by atoms with van der Waals surface area (Å²) in [4.78, 5) is 10.5. The summed E-state index contributed by atoms with van der Waals surface area (Å²) >= 11 is 4.46.